The van der Waals surface area contributed by atoms with E-state index in [9.17, 15) is 0 Å². The van der Waals surface area contributed by atoms with Gasteiger partial charge in [-0.05, 0) is 40.8 Å². The van der Waals surface area contributed by atoms with Crippen LogP contribution in [0.3, 0.4) is 0 Å². The van der Waals surface area contributed by atoms with E-state index in [0.29, 0.717) is 5.15 Å². The first-order valence-corrected chi connectivity index (χ1v) is 7.66. The summed E-state index contributed by atoms with van der Waals surface area (Å²) in [5.74, 6) is 0.740. The molecule has 25 heavy (non-hydrogen) atoms. The molecule has 0 unspecified atom stereocenters. The van der Waals surface area contributed by atoms with E-state index in [1.54, 1.807) is 31.7 Å². The summed E-state index contributed by atoms with van der Waals surface area (Å²) in [5, 5.41) is 17.2. The zero-order chi connectivity index (χ0) is 16.9. The van der Waals surface area contributed by atoms with E-state index in [0.717, 1.165) is 33.4 Å². The van der Waals surface area contributed by atoms with Gasteiger partial charge in [-0.3, -0.25) is 0 Å². The molecule has 0 aliphatic heterocycles. The number of anilines is 2. The Morgan fingerprint density at radius 3 is 2.72 bits per heavy atom. The largest absolute Gasteiger partial charge is 1.00 e. The van der Waals surface area contributed by atoms with Gasteiger partial charge in [0.1, 0.15) is 11.0 Å². The van der Waals surface area contributed by atoms with Crippen molar-refractivity contribution in [1.82, 2.24) is 9.97 Å². The third-order valence-corrected chi connectivity index (χ3v) is 3.74. The Hall–Kier alpha value is -1.28. The number of nitrogens with one attached hydrogen (secondary N) is 2. The van der Waals surface area contributed by atoms with Gasteiger partial charge < -0.3 is 16.0 Å². The van der Waals surface area contributed by atoms with Crippen LogP contribution in [0.25, 0.3) is 21.7 Å². The summed E-state index contributed by atoms with van der Waals surface area (Å²) in [5.41, 5.74) is 2.51. The van der Waals surface area contributed by atoms with E-state index in [4.69, 9.17) is 17.0 Å². The summed E-state index contributed by atoms with van der Waals surface area (Å²) in [4.78, 5) is 8.46. The minimum atomic E-state index is 0. The van der Waals surface area contributed by atoms with Crippen molar-refractivity contribution in [3.8, 4) is 0 Å². The van der Waals surface area contributed by atoms with Crippen molar-refractivity contribution in [2.24, 2.45) is 0 Å². The van der Waals surface area contributed by atoms with E-state index in [1.165, 1.54) is 6.21 Å². The van der Waals surface area contributed by atoms with E-state index in [2.05, 4.69) is 20.6 Å². The average Bonchev–Trinajstić information content (AvgIpc) is 2.61. The Balaban J connectivity index is 0.00000225. The summed E-state index contributed by atoms with van der Waals surface area (Å²) in [6.07, 6.45) is 6.38. The Labute approximate surface area is 193 Å². The maximum Gasteiger partial charge on any atom is 1.00 e. The Morgan fingerprint density at radius 2 is 2.04 bits per heavy atom. The van der Waals surface area contributed by atoms with Crippen LogP contribution >= 0.6 is 11.6 Å². The van der Waals surface area contributed by atoms with E-state index < -0.39 is 0 Å². The molecule has 0 amide bonds. The number of nitrogens with zero attached hydrogens (tertiary/aromatic N) is 3. The standard InChI is InChI=1S/C18H15ClN5.K/c1-21-10-14(9-20)12-2-4-16-13(8-12)6-7-22-18(16)24-15-3-5-17(19)23-11-15;/h2-11,20H,1H3,(H,22,24);/q-1;+1/b14-10+,20-9?;. The Bertz CT molecular complexity index is 909. The molecule has 0 aliphatic carbocycles. The van der Waals surface area contributed by atoms with Crippen molar-refractivity contribution in [3.05, 3.63) is 71.0 Å². The number of rotatable bonds is 5. The number of benzene rings is 1. The summed E-state index contributed by atoms with van der Waals surface area (Å²) >= 11 is 5.81. The van der Waals surface area contributed by atoms with Gasteiger partial charge in [-0.25, -0.2) is 9.97 Å². The fraction of sp³-hybridized carbons (Fsp3) is 0.0556. The molecule has 0 bridgehead atoms. The van der Waals surface area contributed by atoms with Gasteiger partial charge in [-0.2, -0.15) is 6.20 Å². The maximum atomic E-state index is 7.52. The molecule has 0 saturated heterocycles. The first kappa shape index (κ1) is 20.0. The van der Waals surface area contributed by atoms with Crippen LogP contribution in [0, 0.1) is 5.41 Å². The number of hydrogen-bond acceptors (Lipinski definition) is 4. The smallest absolute Gasteiger partial charge is 0.693 e. The van der Waals surface area contributed by atoms with Gasteiger partial charge in [0.15, 0.2) is 0 Å². The SMILES string of the molecule is C[N-]/C=C(\C=N)c1ccc2c(Nc3ccc(Cl)nc3)nccc2c1.[K+]. The first-order chi connectivity index (χ1) is 11.7. The molecule has 0 spiro atoms. The molecule has 120 valence electrons. The monoisotopic (exact) mass is 375 g/mol. The summed E-state index contributed by atoms with van der Waals surface area (Å²) in [6.45, 7) is 0. The molecule has 5 nitrogen and oxygen atoms in total. The quantitative estimate of drug-likeness (QED) is 0.407. The predicted octanol–water partition coefficient (Wildman–Crippen LogP) is 2.02. The van der Waals surface area contributed by atoms with Gasteiger partial charge in [0.2, 0.25) is 0 Å². The van der Waals surface area contributed by atoms with Crippen molar-refractivity contribution in [1.29, 1.82) is 5.41 Å². The summed E-state index contributed by atoms with van der Waals surface area (Å²) in [6, 6.07) is 11.5. The van der Waals surface area contributed by atoms with Crippen LogP contribution in [-0.4, -0.2) is 23.2 Å². The van der Waals surface area contributed by atoms with Crippen LogP contribution in [0.1, 0.15) is 5.56 Å². The number of aromatic nitrogens is 2. The molecule has 2 aromatic heterocycles. The van der Waals surface area contributed by atoms with Gasteiger partial charge in [0.25, 0.3) is 0 Å². The average molecular weight is 376 g/mol. The second kappa shape index (κ2) is 9.42. The summed E-state index contributed by atoms with van der Waals surface area (Å²) < 4.78 is 0. The minimum absolute atomic E-state index is 0. The number of pyridine rings is 2. The molecule has 3 aromatic rings. The number of allylic oxidation sites excluding steroid dienone is 1. The summed E-state index contributed by atoms with van der Waals surface area (Å²) in [7, 11) is 1.69. The zero-order valence-corrected chi connectivity index (χ0v) is 17.9. The van der Waals surface area contributed by atoms with Crippen LogP contribution < -0.4 is 56.7 Å². The molecule has 3 rings (SSSR count). The van der Waals surface area contributed by atoms with Gasteiger partial charge in [0, 0.05) is 17.8 Å². The fourth-order valence-corrected chi connectivity index (χ4v) is 2.49. The molecular weight excluding hydrogens is 361 g/mol. The number of fused-ring (bicyclic) bond motifs is 1. The van der Waals surface area contributed by atoms with E-state index >= 15 is 0 Å². The van der Waals surface area contributed by atoms with Crippen LogP contribution in [-0.2, 0) is 0 Å². The fourth-order valence-electron chi connectivity index (χ4n) is 2.38. The Morgan fingerprint density at radius 1 is 1.20 bits per heavy atom. The molecule has 0 atom stereocenters. The number of hydrogen-bond donors (Lipinski definition) is 2. The van der Waals surface area contributed by atoms with Crippen molar-refractivity contribution in [2.45, 2.75) is 0 Å². The predicted molar refractivity (Wildman–Crippen MR) is 100 cm³/mol. The van der Waals surface area contributed by atoms with Crippen molar-refractivity contribution in [3.63, 3.8) is 0 Å². The maximum absolute atomic E-state index is 7.52. The number of halogens is 1. The molecule has 0 fully saturated rings. The third-order valence-electron chi connectivity index (χ3n) is 3.51. The van der Waals surface area contributed by atoms with Crippen molar-refractivity contribution in [2.75, 3.05) is 12.4 Å². The molecule has 0 radical (unpaired) electrons. The molecule has 1 aromatic carbocycles. The van der Waals surface area contributed by atoms with Crippen molar-refractivity contribution >= 4 is 45.7 Å². The second-order valence-electron chi connectivity index (χ2n) is 5.08. The molecular formula is C18H15ClKN5. The topological polar surface area (TPSA) is 75.8 Å². The van der Waals surface area contributed by atoms with Crippen LogP contribution in [0.2, 0.25) is 5.15 Å². The van der Waals surface area contributed by atoms with Crippen LogP contribution in [0.15, 0.2) is 55.0 Å². The molecule has 2 N–H and O–H groups in total. The minimum Gasteiger partial charge on any atom is -0.693 e. The molecule has 0 aliphatic rings. The zero-order valence-electron chi connectivity index (χ0n) is 14.0. The molecule has 7 heteroatoms. The van der Waals surface area contributed by atoms with Gasteiger partial charge >= 0.3 is 51.4 Å². The Kier molecular flexibility index (Phi) is 7.55. The van der Waals surface area contributed by atoms with E-state index in [1.807, 2.05) is 30.3 Å². The van der Waals surface area contributed by atoms with Gasteiger partial charge in [-0.1, -0.05) is 23.7 Å². The van der Waals surface area contributed by atoms with Crippen LogP contribution in [0.4, 0.5) is 11.5 Å². The molecule has 0 saturated carbocycles. The second-order valence-corrected chi connectivity index (χ2v) is 5.46. The first-order valence-electron chi connectivity index (χ1n) is 7.28. The molecule has 2 heterocycles. The van der Waals surface area contributed by atoms with Gasteiger partial charge in [0.05, 0.1) is 11.9 Å². The van der Waals surface area contributed by atoms with Crippen LogP contribution in [0.5, 0.6) is 0 Å². The van der Waals surface area contributed by atoms with Crippen molar-refractivity contribution < 1.29 is 51.4 Å². The third kappa shape index (κ3) is 4.88. The van der Waals surface area contributed by atoms with E-state index in [-0.39, 0.29) is 51.4 Å². The normalized spacial score (nSPS) is 10.9. The van der Waals surface area contributed by atoms with Gasteiger partial charge in [-0.15, -0.1) is 7.05 Å².